The highest BCUT2D eigenvalue weighted by molar-refractivity contribution is 5.94. The van der Waals surface area contributed by atoms with E-state index in [1.807, 2.05) is 0 Å². The normalized spacial score (nSPS) is 19.4. The van der Waals surface area contributed by atoms with E-state index in [0.717, 1.165) is 24.6 Å². The molecule has 0 N–H and O–H groups in total. The second-order valence-corrected chi connectivity index (χ2v) is 4.34. The van der Waals surface area contributed by atoms with Crippen molar-refractivity contribution < 1.29 is 13.6 Å². The Morgan fingerprint density at radius 2 is 2.22 bits per heavy atom. The molecule has 0 saturated carbocycles. The van der Waals surface area contributed by atoms with E-state index >= 15 is 0 Å². The van der Waals surface area contributed by atoms with Gasteiger partial charge in [0.05, 0.1) is 17.6 Å². The number of amides is 1. The Labute approximate surface area is 104 Å². The maximum atomic E-state index is 13.5. The van der Waals surface area contributed by atoms with Crippen LogP contribution in [0.5, 0.6) is 0 Å². The molecule has 1 aromatic carbocycles. The van der Waals surface area contributed by atoms with Gasteiger partial charge in [-0.2, -0.15) is 5.26 Å². The summed E-state index contributed by atoms with van der Waals surface area (Å²) >= 11 is 0. The van der Waals surface area contributed by atoms with Crippen LogP contribution in [0.15, 0.2) is 18.2 Å². The molecule has 94 valence electrons. The highest BCUT2D eigenvalue weighted by Gasteiger charge is 2.26. The van der Waals surface area contributed by atoms with E-state index in [0.29, 0.717) is 13.0 Å². The standard InChI is InChI=1S/C13H12F2N2O/c14-10-3-4-12(15)11(6-10)13(18)17-5-1-2-9(7-16)8-17/h3-4,6,9H,1-2,5,8H2. The van der Waals surface area contributed by atoms with Crippen LogP contribution in [0, 0.1) is 28.9 Å². The van der Waals surface area contributed by atoms with Crippen LogP contribution < -0.4 is 0 Å². The fourth-order valence-electron chi connectivity index (χ4n) is 2.10. The lowest BCUT2D eigenvalue weighted by Crippen LogP contribution is -2.39. The average molecular weight is 250 g/mol. The first-order valence-electron chi connectivity index (χ1n) is 5.75. The summed E-state index contributed by atoms with van der Waals surface area (Å²) in [6, 6.07) is 4.91. The van der Waals surface area contributed by atoms with Crippen molar-refractivity contribution in [2.45, 2.75) is 12.8 Å². The molecule has 1 atom stereocenters. The number of nitrogens with zero attached hydrogens (tertiary/aromatic N) is 2. The van der Waals surface area contributed by atoms with Crippen LogP contribution in [-0.4, -0.2) is 23.9 Å². The molecule has 18 heavy (non-hydrogen) atoms. The summed E-state index contributed by atoms with van der Waals surface area (Å²) in [5, 5.41) is 8.84. The highest BCUT2D eigenvalue weighted by Crippen LogP contribution is 2.19. The third-order valence-corrected chi connectivity index (χ3v) is 3.05. The predicted octanol–water partition coefficient (Wildman–Crippen LogP) is 2.34. The van der Waals surface area contributed by atoms with Crippen LogP contribution in [-0.2, 0) is 0 Å². The third kappa shape index (κ3) is 2.48. The summed E-state index contributed by atoms with van der Waals surface area (Å²) in [5.41, 5.74) is -0.270. The highest BCUT2D eigenvalue weighted by atomic mass is 19.1. The summed E-state index contributed by atoms with van der Waals surface area (Å²) < 4.78 is 26.5. The van der Waals surface area contributed by atoms with E-state index in [1.165, 1.54) is 4.90 Å². The minimum absolute atomic E-state index is 0.223. The van der Waals surface area contributed by atoms with Gasteiger partial charge in [-0.1, -0.05) is 0 Å². The van der Waals surface area contributed by atoms with Crippen molar-refractivity contribution in [3.05, 3.63) is 35.4 Å². The number of piperidine rings is 1. The van der Waals surface area contributed by atoms with Crippen molar-refractivity contribution >= 4 is 5.91 Å². The van der Waals surface area contributed by atoms with E-state index in [1.54, 1.807) is 0 Å². The second-order valence-electron chi connectivity index (χ2n) is 4.34. The SMILES string of the molecule is N#CC1CCCN(C(=O)c2cc(F)ccc2F)C1. The van der Waals surface area contributed by atoms with Gasteiger partial charge in [0.15, 0.2) is 0 Å². The number of carbonyl (C=O) groups is 1. The van der Waals surface area contributed by atoms with Crippen LogP contribution in [0.1, 0.15) is 23.2 Å². The molecule has 0 spiro atoms. The lowest BCUT2D eigenvalue weighted by atomic mass is 9.99. The Balaban J connectivity index is 2.21. The molecular formula is C13H12F2N2O. The third-order valence-electron chi connectivity index (χ3n) is 3.05. The topological polar surface area (TPSA) is 44.1 Å². The largest absolute Gasteiger partial charge is 0.337 e. The van der Waals surface area contributed by atoms with Gasteiger partial charge in [0.25, 0.3) is 5.91 Å². The minimum atomic E-state index is -0.736. The molecular weight excluding hydrogens is 238 g/mol. The van der Waals surface area contributed by atoms with Gasteiger partial charge in [0.2, 0.25) is 0 Å². The van der Waals surface area contributed by atoms with Gasteiger partial charge in [-0.05, 0) is 31.0 Å². The first-order valence-corrected chi connectivity index (χ1v) is 5.75. The van der Waals surface area contributed by atoms with Crippen molar-refractivity contribution in [2.24, 2.45) is 5.92 Å². The molecule has 1 amide bonds. The Bertz CT molecular complexity index is 510. The molecule has 1 aliphatic heterocycles. The van der Waals surface area contributed by atoms with Gasteiger partial charge < -0.3 is 4.90 Å². The van der Waals surface area contributed by atoms with Gasteiger partial charge in [-0.25, -0.2) is 8.78 Å². The minimum Gasteiger partial charge on any atom is -0.337 e. The van der Waals surface area contributed by atoms with Crippen molar-refractivity contribution in [1.29, 1.82) is 5.26 Å². The van der Waals surface area contributed by atoms with Crippen molar-refractivity contribution in [3.8, 4) is 6.07 Å². The van der Waals surface area contributed by atoms with Crippen molar-refractivity contribution in [3.63, 3.8) is 0 Å². The van der Waals surface area contributed by atoms with Crippen molar-refractivity contribution in [2.75, 3.05) is 13.1 Å². The quantitative estimate of drug-likeness (QED) is 0.767. The van der Waals surface area contributed by atoms with Crippen LogP contribution in [0.4, 0.5) is 8.78 Å². The number of likely N-dealkylation sites (tertiary alicyclic amines) is 1. The first kappa shape index (κ1) is 12.5. The molecule has 1 unspecified atom stereocenters. The number of halogens is 2. The van der Waals surface area contributed by atoms with Gasteiger partial charge in [0.1, 0.15) is 11.6 Å². The molecule has 1 aliphatic rings. The predicted molar refractivity (Wildman–Crippen MR) is 60.6 cm³/mol. The maximum Gasteiger partial charge on any atom is 0.256 e. The number of hydrogen-bond acceptors (Lipinski definition) is 2. The molecule has 1 aromatic rings. The zero-order valence-electron chi connectivity index (χ0n) is 9.70. The monoisotopic (exact) mass is 250 g/mol. The number of hydrogen-bond donors (Lipinski definition) is 0. The Kier molecular flexibility index (Phi) is 3.56. The van der Waals surface area contributed by atoms with Gasteiger partial charge in [-0.15, -0.1) is 0 Å². The molecule has 1 saturated heterocycles. The molecule has 0 aliphatic carbocycles. The van der Waals surface area contributed by atoms with Gasteiger partial charge in [-0.3, -0.25) is 4.79 Å². The van der Waals surface area contributed by atoms with E-state index in [9.17, 15) is 13.6 Å². The summed E-state index contributed by atoms with van der Waals surface area (Å²) in [6.07, 6.45) is 1.45. The van der Waals surface area contributed by atoms with E-state index in [2.05, 4.69) is 6.07 Å². The van der Waals surface area contributed by atoms with Gasteiger partial charge in [0, 0.05) is 13.1 Å². The molecule has 1 fully saturated rings. The molecule has 0 radical (unpaired) electrons. The fourth-order valence-corrected chi connectivity index (χ4v) is 2.10. The second kappa shape index (κ2) is 5.13. The maximum absolute atomic E-state index is 13.5. The number of benzene rings is 1. The molecule has 3 nitrogen and oxygen atoms in total. The van der Waals surface area contributed by atoms with Crippen LogP contribution in [0.2, 0.25) is 0 Å². The van der Waals surface area contributed by atoms with E-state index in [4.69, 9.17) is 5.26 Å². The number of rotatable bonds is 1. The lowest BCUT2D eigenvalue weighted by molar-refractivity contribution is 0.0693. The fraction of sp³-hybridized carbons (Fsp3) is 0.385. The molecule has 2 rings (SSSR count). The molecule has 0 bridgehead atoms. The summed E-state index contributed by atoms with van der Waals surface area (Å²) in [6.45, 7) is 0.762. The molecule has 5 heteroatoms. The Morgan fingerprint density at radius 1 is 1.44 bits per heavy atom. The molecule has 1 heterocycles. The molecule has 0 aromatic heterocycles. The smallest absolute Gasteiger partial charge is 0.256 e. The Hall–Kier alpha value is -1.96. The van der Waals surface area contributed by atoms with Gasteiger partial charge >= 0.3 is 0 Å². The average Bonchev–Trinajstić information content (AvgIpc) is 2.41. The first-order chi connectivity index (χ1) is 8.61. The lowest BCUT2D eigenvalue weighted by Gasteiger charge is -2.29. The zero-order valence-corrected chi connectivity index (χ0v) is 9.70. The van der Waals surface area contributed by atoms with Crippen molar-refractivity contribution in [1.82, 2.24) is 4.90 Å². The van der Waals surface area contributed by atoms with Crippen LogP contribution >= 0.6 is 0 Å². The number of carbonyl (C=O) groups excluding carboxylic acids is 1. The summed E-state index contributed by atoms with van der Waals surface area (Å²) in [5.74, 6) is -2.15. The number of nitriles is 1. The van der Waals surface area contributed by atoms with Crippen LogP contribution in [0.25, 0.3) is 0 Å². The summed E-state index contributed by atoms with van der Waals surface area (Å²) in [4.78, 5) is 13.5. The van der Waals surface area contributed by atoms with E-state index < -0.39 is 17.5 Å². The summed E-state index contributed by atoms with van der Waals surface area (Å²) in [7, 11) is 0. The zero-order chi connectivity index (χ0) is 13.1. The van der Waals surface area contributed by atoms with E-state index in [-0.39, 0.29) is 18.0 Å². The Morgan fingerprint density at radius 3 is 2.94 bits per heavy atom. The van der Waals surface area contributed by atoms with Crippen LogP contribution in [0.3, 0.4) is 0 Å².